The molecule has 1 heterocycles. The van der Waals surface area contributed by atoms with Gasteiger partial charge in [-0.05, 0) is 18.2 Å². The monoisotopic (exact) mass is 233 g/mol. The molecule has 2 rings (SSSR count). The van der Waals surface area contributed by atoms with Crippen LogP contribution < -0.4 is 10.1 Å². The first-order valence-electron chi connectivity index (χ1n) is 4.75. The Kier molecular flexibility index (Phi) is 2.87. The molecule has 0 aliphatic heterocycles. The summed E-state index contributed by atoms with van der Waals surface area (Å²) in [6, 6.07) is 7.41. The van der Waals surface area contributed by atoms with Crippen LogP contribution in [0.4, 0.5) is 5.69 Å². The van der Waals surface area contributed by atoms with Crippen LogP contribution in [0.2, 0.25) is 0 Å². The molecule has 2 N–H and O–H groups in total. The van der Waals surface area contributed by atoms with Crippen molar-refractivity contribution < 1.29 is 4.79 Å². The number of nitrogens with zero attached hydrogens (tertiary/aromatic N) is 1. The van der Waals surface area contributed by atoms with Crippen LogP contribution in [-0.2, 0) is 4.79 Å². The Hall–Kier alpha value is -1.88. The van der Waals surface area contributed by atoms with Gasteiger partial charge in [-0.25, -0.2) is 0 Å². The van der Waals surface area contributed by atoms with Crippen LogP contribution in [0.5, 0.6) is 0 Å². The third kappa shape index (κ3) is 2.20. The van der Waals surface area contributed by atoms with E-state index in [1.807, 2.05) is 35.8 Å². The fourth-order valence-corrected chi connectivity index (χ4v) is 2.01. The van der Waals surface area contributed by atoms with Gasteiger partial charge in [-0.15, -0.1) is 11.3 Å². The Labute approximate surface area is 96.7 Å². The van der Waals surface area contributed by atoms with Crippen molar-refractivity contribution in [1.82, 2.24) is 4.57 Å². The van der Waals surface area contributed by atoms with E-state index in [1.54, 1.807) is 4.57 Å². The number of benzene rings is 1. The molecule has 0 bridgehead atoms. The number of aromatic nitrogens is 1. The molecule has 0 radical (unpaired) electrons. The van der Waals surface area contributed by atoms with E-state index in [0.717, 1.165) is 11.4 Å². The molecule has 5 heteroatoms. The van der Waals surface area contributed by atoms with Gasteiger partial charge in [0.2, 0.25) is 5.91 Å². The molecule has 0 saturated heterocycles. The highest BCUT2D eigenvalue weighted by molar-refractivity contribution is 7.07. The Morgan fingerprint density at radius 1 is 1.50 bits per heavy atom. The van der Waals surface area contributed by atoms with Gasteiger partial charge in [0, 0.05) is 29.9 Å². The maximum Gasteiger partial charge on any atom is 0.221 e. The summed E-state index contributed by atoms with van der Waals surface area (Å²) in [4.78, 5) is 11.4. The number of nitrogens with one attached hydrogen (secondary N) is 2. The van der Waals surface area contributed by atoms with Crippen molar-refractivity contribution in [2.75, 3.05) is 5.32 Å². The molecule has 82 valence electrons. The van der Waals surface area contributed by atoms with E-state index in [4.69, 9.17) is 5.41 Å². The van der Waals surface area contributed by atoms with Gasteiger partial charge < -0.3 is 5.32 Å². The Morgan fingerprint density at radius 2 is 2.31 bits per heavy atom. The highest BCUT2D eigenvalue weighted by Crippen LogP contribution is 2.13. The summed E-state index contributed by atoms with van der Waals surface area (Å²) in [5, 5.41) is 12.3. The second-order valence-corrected chi connectivity index (χ2v) is 4.20. The molecule has 0 unspecified atom stereocenters. The van der Waals surface area contributed by atoms with Gasteiger partial charge in [0.15, 0.2) is 4.80 Å². The predicted molar refractivity (Wildman–Crippen MR) is 63.8 cm³/mol. The van der Waals surface area contributed by atoms with Gasteiger partial charge in [0.25, 0.3) is 0 Å². The van der Waals surface area contributed by atoms with Crippen molar-refractivity contribution in [1.29, 1.82) is 5.41 Å². The zero-order valence-electron chi connectivity index (χ0n) is 8.73. The minimum Gasteiger partial charge on any atom is -0.326 e. The quantitative estimate of drug-likeness (QED) is 0.818. The molecule has 1 aromatic heterocycles. The summed E-state index contributed by atoms with van der Waals surface area (Å²) < 4.78 is 1.76. The average Bonchev–Trinajstić information content (AvgIpc) is 2.64. The zero-order chi connectivity index (χ0) is 11.5. The summed E-state index contributed by atoms with van der Waals surface area (Å²) in [6.07, 6.45) is 1.83. The molecule has 4 nitrogen and oxygen atoms in total. The Bertz CT molecular complexity index is 570. The molecule has 0 aliphatic rings. The molecule has 1 aromatic carbocycles. The molecule has 2 aromatic rings. The van der Waals surface area contributed by atoms with E-state index in [1.165, 1.54) is 18.3 Å². The lowest BCUT2D eigenvalue weighted by Crippen LogP contribution is -2.10. The predicted octanol–water partition coefficient (Wildman–Crippen LogP) is 1.98. The maximum atomic E-state index is 10.9. The number of carbonyl (C=O) groups excluding carboxylic acids is 1. The fraction of sp³-hybridized carbons (Fsp3) is 0.0909. The SMILES string of the molecule is CC(=O)Nc1cccc(-n2ccsc2=N)c1. The lowest BCUT2D eigenvalue weighted by molar-refractivity contribution is -0.114. The van der Waals surface area contributed by atoms with Crippen LogP contribution in [0.15, 0.2) is 35.8 Å². The fourth-order valence-electron chi connectivity index (χ4n) is 1.42. The highest BCUT2D eigenvalue weighted by atomic mass is 32.1. The summed E-state index contributed by atoms with van der Waals surface area (Å²) in [5.41, 5.74) is 1.61. The van der Waals surface area contributed by atoms with E-state index in [2.05, 4.69) is 5.32 Å². The van der Waals surface area contributed by atoms with Crippen LogP contribution in [0.25, 0.3) is 5.69 Å². The van der Waals surface area contributed by atoms with Crippen molar-refractivity contribution >= 4 is 22.9 Å². The van der Waals surface area contributed by atoms with Crippen molar-refractivity contribution in [3.8, 4) is 5.69 Å². The second-order valence-electron chi connectivity index (χ2n) is 3.31. The number of hydrogen-bond acceptors (Lipinski definition) is 3. The van der Waals surface area contributed by atoms with Gasteiger partial charge in [-0.2, -0.15) is 0 Å². The van der Waals surface area contributed by atoms with Gasteiger partial charge >= 0.3 is 0 Å². The van der Waals surface area contributed by atoms with Crippen molar-refractivity contribution in [3.63, 3.8) is 0 Å². The normalized spacial score (nSPS) is 10.1. The van der Waals surface area contributed by atoms with Crippen molar-refractivity contribution in [3.05, 3.63) is 40.6 Å². The minimum atomic E-state index is -0.0986. The first-order chi connectivity index (χ1) is 7.66. The lowest BCUT2D eigenvalue weighted by atomic mass is 10.2. The number of anilines is 1. The van der Waals surface area contributed by atoms with Gasteiger partial charge in [0.1, 0.15) is 0 Å². The molecule has 0 atom stereocenters. The van der Waals surface area contributed by atoms with Crippen LogP contribution >= 0.6 is 11.3 Å². The highest BCUT2D eigenvalue weighted by Gasteiger charge is 2.00. The van der Waals surface area contributed by atoms with E-state index in [0.29, 0.717) is 4.80 Å². The Morgan fingerprint density at radius 3 is 2.94 bits per heavy atom. The molecular weight excluding hydrogens is 222 g/mol. The molecule has 0 aliphatic carbocycles. The summed E-state index contributed by atoms with van der Waals surface area (Å²) >= 11 is 1.36. The topological polar surface area (TPSA) is 57.9 Å². The van der Waals surface area contributed by atoms with E-state index in [-0.39, 0.29) is 5.91 Å². The first-order valence-corrected chi connectivity index (χ1v) is 5.63. The van der Waals surface area contributed by atoms with Crippen molar-refractivity contribution in [2.45, 2.75) is 6.92 Å². The summed E-state index contributed by atoms with van der Waals surface area (Å²) in [6.45, 7) is 1.47. The molecule has 16 heavy (non-hydrogen) atoms. The maximum absolute atomic E-state index is 10.9. The zero-order valence-corrected chi connectivity index (χ0v) is 9.54. The van der Waals surface area contributed by atoms with Gasteiger partial charge in [-0.3, -0.25) is 14.8 Å². The molecular formula is C11H11N3OS. The lowest BCUT2D eigenvalue weighted by Gasteiger charge is -2.06. The molecule has 0 spiro atoms. The van der Waals surface area contributed by atoms with Crippen molar-refractivity contribution in [2.24, 2.45) is 0 Å². The molecule has 0 saturated carbocycles. The van der Waals surface area contributed by atoms with Crippen LogP contribution in [0, 0.1) is 5.41 Å². The first kappa shape index (κ1) is 10.6. The number of carbonyl (C=O) groups is 1. The molecule has 1 amide bonds. The number of amides is 1. The average molecular weight is 233 g/mol. The standard InChI is InChI=1S/C11H11N3OS/c1-8(15)13-9-3-2-4-10(7-9)14-5-6-16-11(14)12/h2-7,12H,1H3,(H,13,15). The van der Waals surface area contributed by atoms with E-state index < -0.39 is 0 Å². The van der Waals surface area contributed by atoms with Crippen LogP contribution in [0.1, 0.15) is 6.92 Å². The van der Waals surface area contributed by atoms with E-state index >= 15 is 0 Å². The van der Waals surface area contributed by atoms with Gasteiger partial charge in [0.05, 0.1) is 0 Å². The van der Waals surface area contributed by atoms with Crippen LogP contribution in [-0.4, -0.2) is 10.5 Å². The van der Waals surface area contributed by atoms with Gasteiger partial charge in [-0.1, -0.05) is 6.07 Å². The largest absolute Gasteiger partial charge is 0.326 e. The third-order valence-corrected chi connectivity index (χ3v) is 2.73. The second kappa shape index (κ2) is 4.32. The number of thiazole rings is 1. The van der Waals surface area contributed by atoms with Crippen LogP contribution in [0.3, 0.4) is 0 Å². The number of hydrogen-bond donors (Lipinski definition) is 2. The summed E-state index contributed by atoms with van der Waals surface area (Å²) in [7, 11) is 0. The van der Waals surface area contributed by atoms with E-state index in [9.17, 15) is 4.79 Å². The Balaban J connectivity index is 2.40. The smallest absolute Gasteiger partial charge is 0.221 e. The minimum absolute atomic E-state index is 0.0986. The molecule has 0 fully saturated rings. The number of rotatable bonds is 2. The third-order valence-electron chi connectivity index (χ3n) is 2.05. The summed E-state index contributed by atoms with van der Waals surface area (Å²) in [5.74, 6) is -0.0986.